The van der Waals surface area contributed by atoms with Gasteiger partial charge in [-0.3, -0.25) is 0 Å². The average Bonchev–Trinajstić information content (AvgIpc) is 2.72. The summed E-state index contributed by atoms with van der Waals surface area (Å²) in [5, 5.41) is 2.96. The molecule has 0 aliphatic rings. The normalized spacial score (nSPS) is 11.2. The van der Waals surface area contributed by atoms with Gasteiger partial charge >= 0.3 is 160 Å². The zero-order valence-corrected chi connectivity index (χ0v) is 16.1. The Balaban J connectivity index is 1.65. The number of amides is 1. The fraction of sp³-hybridized carbons (Fsp3) is 0.0909. The minimum atomic E-state index is -0.133. The maximum absolute atomic E-state index is 12.2. The minimum absolute atomic E-state index is 0.133. The summed E-state index contributed by atoms with van der Waals surface area (Å²) in [5.74, 6) is -0.133. The number of pyridine rings is 1. The second kappa shape index (κ2) is 9.71. The van der Waals surface area contributed by atoms with Gasteiger partial charge in [-0.05, 0) is 0 Å². The molecule has 1 heterocycles. The van der Waals surface area contributed by atoms with Gasteiger partial charge in [-0.25, -0.2) is 0 Å². The number of carbonyl (C=O) groups excluding carboxylic acids is 1. The zero-order chi connectivity index (χ0) is 18.0. The molecule has 2 aromatic carbocycles. The van der Waals surface area contributed by atoms with Crippen LogP contribution >= 0.6 is 0 Å². The van der Waals surface area contributed by atoms with Crippen LogP contribution in [0.3, 0.4) is 0 Å². The summed E-state index contributed by atoms with van der Waals surface area (Å²) < 4.78 is 1.34. The molecule has 26 heavy (non-hydrogen) atoms. The molecule has 0 bridgehead atoms. The van der Waals surface area contributed by atoms with Crippen LogP contribution in [0.25, 0.3) is 5.57 Å². The molecule has 4 heteroatoms. The predicted octanol–water partition coefficient (Wildman–Crippen LogP) is 3.27. The molecule has 1 amide bonds. The average molecular weight is 407 g/mol. The summed E-state index contributed by atoms with van der Waals surface area (Å²) >= 11 is 0.261. The van der Waals surface area contributed by atoms with Gasteiger partial charge in [-0.1, -0.05) is 0 Å². The van der Waals surface area contributed by atoms with E-state index in [1.165, 1.54) is 15.6 Å². The third kappa shape index (κ3) is 5.41. The van der Waals surface area contributed by atoms with E-state index in [-0.39, 0.29) is 20.9 Å². The molecule has 0 fully saturated rings. The van der Waals surface area contributed by atoms with Crippen LogP contribution in [0.5, 0.6) is 0 Å². The predicted molar refractivity (Wildman–Crippen MR) is 107 cm³/mol. The second-order valence-corrected chi connectivity index (χ2v) is 7.64. The van der Waals surface area contributed by atoms with E-state index < -0.39 is 0 Å². The molecule has 0 aliphatic heterocycles. The van der Waals surface area contributed by atoms with Crippen molar-refractivity contribution in [2.75, 3.05) is 6.54 Å². The summed E-state index contributed by atoms with van der Waals surface area (Å²) in [6.07, 6.45) is 2.42. The number of rotatable bonds is 7. The molecule has 0 radical (unpaired) electrons. The van der Waals surface area contributed by atoms with Crippen molar-refractivity contribution in [1.82, 2.24) is 10.3 Å². The monoisotopic (exact) mass is 408 g/mol. The van der Waals surface area contributed by atoms with Crippen LogP contribution in [-0.4, -0.2) is 32.4 Å². The van der Waals surface area contributed by atoms with E-state index >= 15 is 0 Å². The first-order valence-corrected chi connectivity index (χ1v) is 10.3. The molecule has 0 unspecified atom stereocenters. The number of nitrogens with zero attached hydrogens (tertiary/aromatic N) is 1. The Morgan fingerprint density at radius 2 is 1.62 bits per heavy atom. The molecule has 3 aromatic rings. The van der Waals surface area contributed by atoms with Gasteiger partial charge in [0.2, 0.25) is 0 Å². The summed E-state index contributed by atoms with van der Waals surface area (Å²) in [5.41, 5.74) is 2.92. The van der Waals surface area contributed by atoms with Gasteiger partial charge in [-0.2, -0.15) is 0 Å². The summed E-state index contributed by atoms with van der Waals surface area (Å²) in [6, 6.07) is 26.2. The molecule has 0 spiro atoms. The Labute approximate surface area is 160 Å². The molecular formula is C22H20N2OSe. The van der Waals surface area contributed by atoms with Crippen molar-refractivity contribution in [3.05, 3.63) is 101 Å². The Bertz CT molecular complexity index is 849. The van der Waals surface area contributed by atoms with E-state index in [0.29, 0.717) is 12.2 Å². The van der Waals surface area contributed by atoms with E-state index in [2.05, 4.69) is 51.7 Å². The van der Waals surface area contributed by atoms with Gasteiger partial charge in [0.15, 0.2) is 0 Å². The number of carbonyl (C=O) groups is 1. The van der Waals surface area contributed by atoms with Gasteiger partial charge in [0.25, 0.3) is 0 Å². The van der Waals surface area contributed by atoms with Crippen molar-refractivity contribution in [1.29, 1.82) is 0 Å². The van der Waals surface area contributed by atoms with Crippen LogP contribution < -0.4 is 9.78 Å². The molecular weight excluding hydrogens is 387 g/mol. The molecule has 0 saturated carbocycles. The van der Waals surface area contributed by atoms with Gasteiger partial charge < -0.3 is 0 Å². The van der Waals surface area contributed by atoms with Crippen molar-refractivity contribution in [2.45, 2.75) is 6.42 Å². The number of nitrogens with one attached hydrogen (secondary N) is 1. The van der Waals surface area contributed by atoms with Crippen LogP contribution in [0.4, 0.5) is 0 Å². The first kappa shape index (κ1) is 18.1. The van der Waals surface area contributed by atoms with Crippen LogP contribution in [-0.2, 0) is 0 Å². The molecule has 130 valence electrons. The number of benzene rings is 2. The van der Waals surface area contributed by atoms with Crippen LogP contribution in [0.15, 0.2) is 90.0 Å². The Hall–Kier alpha value is -2.68. The first-order chi connectivity index (χ1) is 12.8. The van der Waals surface area contributed by atoms with Gasteiger partial charge in [0, 0.05) is 0 Å². The van der Waals surface area contributed by atoms with Crippen LogP contribution in [0.2, 0.25) is 0 Å². The third-order valence-corrected chi connectivity index (χ3v) is 5.79. The van der Waals surface area contributed by atoms with E-state index in [0.717, 1.165) is 6.42 Å². The van der Waals surface area contributed by atoms with Gasteiger partial charge in [-0.15, -0.1) is 0 Å². The molecule has 3 nitrogen and oxygen atoms in total. The molecule has 0 aliphatic carbocycles. The van der Waals surface area contributed by atoms with E-state index in [1.54, 1.807) is 18.3 Å². The van der Waals surface area contributed by atoms with Crippen molar-refractivity contribution in [2.24, 2.45) is 0 Å². The van der Waals surface area contributed by atoms with Crippen molar-refractivity contribution < 1.29 is 4.79 Å². The molecule has 0 saturated heterocycles. The molecule has 3 rings (SSSR count). The van der Waals surface area contributed by atoms with Crippen LogP contribution in [0, 0.1) is 0 Å². The Kier molecular flexibility index (Phi) is 6.77. The van der Waals surface area contributed by atoms with Crippen molar-refractivity contribution in [3.63, 3.8) is 0 Å². The molecule has 1 aromatic heterocycles. The number of hydrogen-bond acceptors (Lipinski definition) is 2. The van der Waals surface area contributed by atoms with Crippen molar-refractivity contribution in [3.8, 4) is 0 Å². The molecule has 0 atom stereocenters. The van der Waals surface area contributed by atoms with E-state index in [4.69, 9.17) is 0 Å². The van der Waals surface area contributed by atoms with Gasteiger partial charge in [0.1, 0.15) is 0 Å². The zero-order valence-electron chi connectivity index (χ0n) is 14.3. The maximum atomic E-state index is 12.2. The quantitative estimate of drug-likeness (QED) is 0.611. The second-order valence-electron chi connectivity index (χ2n) is 5.66. The third-order valence-electron chi connectivity index (χ3n) is 3.80. The summed E-state index contributed by atoms with van der Waals surface area (Å²) in [6.45, 7) is 0.584. The Morgan fingerprint density at radius 3 is 2.31 bits per heavy atom. The summed E-state index contributed by atoms with van der Waals surface area (Å²) in [7, 11) is 0. The topological polar surface area (TPSA) is 42.0 Å². The number of hydrogen-bond donors (Lipinski definition) is 1. The first-order valence-electron chi connectivity index (χ1n) is 8.48. The van der Waals surface area contributed by atoms with E-state index in [9.17, 15) is 4.79 Å². The Morgan fingerprint density at radius 1 is 0.923 bits per heavy atom. The van der Waals surface area contributed by atoms with Crippen LogP contribution in [0.1, 0.15) is 22.5 Å². The standard InChI is InChI=1S/C22H20N2OSe/c25-22(21-13-7-8-15-23-21)24-16-14-19(18-9-3-1-4-10-18)17-26-20-11-5-2-6-12-20/h1-13,15,17H,14,16H2,(H,24,25)/b19-17+. The van der Waals surface area contributed by atoms with Gasteiger partial charge in [0.05, 0.1) is 0 Å². The number of aromatic nitrogens is 1. The van der Waals surface area contributed by atoms with E-state index in [1.807, 2.05) is 30.3 Å². The fourth-order valence-corrected chi connectivity index (χ4v) is 4.24. The summed E-state index contributed by atoms with van der Waals surface area (Å²) in [4.78, 5) is 18.5. The molecule has 1 N–H and O–H groups in total. The fourth-order valence-electron chi connectivity index (χ4n) is 2.46. The van der Waals surface area contributed by atoms with Crippen molar-refractivity contribution >= 4 is 30.9 Å². The SMILES string of the molecule is O=C(NCC/C(=C\[Se]c1ccccc1)c1ccccc1)c1ccccn1.